The van der Waals surface area contributed by atoms with E-state index < -0.39 is 10.0 Å². The van der Waals surface area contributed by atoms with Gasteiger partial charge in [-0.05, 0) is 51.4 Å². The lowest BCUT2D eigenvalue weighted by atomic mass is 9.97. The SMILES string of the molecule is CCN(CC)C(CNC(=O)C1CCN(S(=O)(=O)c2c(C)noc2C)CC1)c1ccccc1Cl. The fraction of sp³-hybridized carbons (Fsp3) is 0.565. The van der Waals surface area contributed by atoms with E-state index in [1.54, 1.807) is 13.8 Å². The molecule has 8 nitrogen and oxygen atoms in total. The van der Waals surface area contributed by atoms with Crippen LogP contribution >= 0.6 is 11.6 Å². The zero-order valence-electron chi connectivity index (χ0n) is 19.7. The summed E-state index contributed by atoms with van der Waals surface area (Å²) in [5, 5.41) is 7.54. The van der Waals surface area contributed by atoms with Crippen LogP contribution in [-0.4, -0.2) is 61.4 Å². The minimum absolute atomic E-state index is 0.0299. The topological polar surface area (TPSA) is 95.8 Å². The molecular formula is C23H33ClN4O4S. The molecule has 1 unspecified atom stereocenters. The second-order valence-electron chi connectivity index (χ2n) is 8.34. The molecule has 1 aliphatic heterocycles. The van der Waals surface area contributed by atoms with Gasteiger partial charge in [0.1, 0.15) is 10.6 Å². The molecule has 0 spiro atoms. The molecule has 2 heterocycles. The summed E-state index contributed by atoms with van der Waals surface area (Å²) in [6, 6.07) is 7.68. The van der Waals surface area contributed by atoms with E-state index in [4.69, 9.17) is 16.1 Å². The van der Waals surface area contributed by atoms with Gasteiger partial charge < -0.3 is 9.84 Å². The highest BCUT2D eigenvalue weighted by atomic mass is 35.5. The van der Waals surface area contributed by atoms with Crippen molar-refractivity contribution in [2.45, 2.75) is 51.5 Å². The van der Waals surface area contributed by atoms with Crippen molar-refractivity contribution < 1.29 is 17.7 Å². The van der Waals surface area contributed by atoms with Crippen molar-refractivity contribution in [1.29, 1.82) is 0 Å². The Hall–Kier alpha value is -1.94. The van der Waals surface area contributed by atoms with Gasteiger partial charge in [0.25, 0.3) is 0 Å². The van der Waals surface area contributed by atoms with Crippen LogP contribution in [0.5, 0.6) is 0 Å². The number of sulfonamides is 1. The van der Waals surface area contributed by atoms with Crippen LogP contribution in [0, 0.1) is 19.8 Å². The third-order valence-corrected chi connectivity index (χ3v) is 8.87. The van der Waals surface area contributed by atoms with E-state index >= 15 is 0 Å². The van der Waals surface area contributed by atoms with Gasteiger partial charge in [0.15, 0.2) is 5.76 Å². The fourth-order valence-corrected chi connectivity index (χ4v) is 6.54. The first-order valence-corrected chi connectivity index (χ1v) is 13.2. The molecule has 1 N–H and O–H groups in total. The van der Waals surface area contributed by atoms with Crippen molar-refractivity contribution in [3.05, 3.63) is 46.3 Å². The molecule has 1 fully saturated rings. The molecular weight excluding hydrogens is 464 g/mol. The molecule has 1 aromatic carbocycles. The number of halogens is 1. The number of aromatic nitrogens is 1. The number of hydrogen-bond acceptors (Lipinski definition) is 6. The van der Waals surface area contributed by atoms with Gasteiger partial charge in [-0.3, -0.25) is 9.69 Å². The summed E-state index contributed by atoms with van der Waals surface area (Å²) in [5.74, 6) is 0.00713. The third-order valence-electron chi connectivity index (χ3n) is 6.38. The largest absolute Gasteiger partial charge is 0.360 e. The quantitative estimate of drug-likeness (QED) is 0.570. The molecule has 10 heteroatoms. The summed E-state index contributed by atoms with van der Waals surface area (Å²) in [4.78, 5) is 15.4. The lowest BCUT2D eigenvalue weighted by Gasteiger charge is -2.33. The molecule has 0 saturated carbocycles. The first-order valence-electron chi connectivity index (χ1n) is 11.4. The molecule has 182 valence electrons. The minimum atomic E-state index is -3.69. The highest BCUT2D eigenvalue weighted by molar-refractivity contribution is 7.89. The number of benzene rings is 1. The van der Waals surface area contributed by atoms with E-state index in [1.807, 2.05) is 24.3 Å². The van der Waals surface area contributed by atoms with Gasteiger partial charge in [-0.15, -0.1) is 0 Å². The van der Waals surface area contributed by atoms with E-state index in [0.717, 1.165) is 18.7 Å². The molecule has 3 rings (SSSR count). The Morgan fingerprint density at radius 2 is 1.88 bits per heavy atom. The van der Waals surface area contributed by atoms with Crippen LogP contribution in [0.25, 0.3) is 0 Å². The van der Waals surface area contributed by atoms with Gasteiger partial charge in [-0.1, -0.05) is 48.8 Å². The minimum Gasteiger partial charge on any atom is -0.360 e. The number of hydrogen-bond donors (Lipinski definition) is 1. The highest BCUT2D eigenvalue weighted by Gasteiger charge is 2.35. The first-order chi connectivity index (χ1) is 15.7. The van der Waals surface area contributed by atoms with Crippen molar-refractivity contribution in [2.24, 2.45) is 5.92 Å². The second kappa shape index (κ2) is 11.0. The van der Waals surface area contributed by atoms with Gasteiger partial charge in [0.2, 0.25) is 15.9 Å². The van der Waals surface area contributed by atoms with Crippen molar-refractivity contribution in [3.63, 3.8) is 0 Å². The molecule has 1 aliphatic rings. The summed E-state index contributed by atoms with van der Waals surface area (Å²) in [7, 11) is -3.69. The van der Waals surface area contributed by atoms with Crippen molar-refractivity contribution in [2.75, 3.05) is 32.7 Å². The molecule has 33 heavy (non-hydrogen) atoms. The number of amides is 1. The number of piperidine rings is 1. The number of nitrogens with one attached hydrogen (secondary N) is 1. The van der Waals surface area contributed by atoms with Crippen molar-refractivity contribution in [3.8, 4) is 0 Å². The Kier molecular flexibility index (Phi) is 8.55. The highest BCUT2D eigenvalue weighted by Crippen LogP contribution is 2.29. The maximum Gasteiger partial charge on any atom is 0.248 e. The number of aryl methyl sites for hydroxylation is 2. The molecule has 1 atom stereocenters. The number of carbonyl (C=O) groups is 1. The maximum atomic E-state index is 13.0. The van der Waals surface area contributed by atoms with E-state index in [2.05, 4.69) is 29.2 Å². The Morgan fingerprint density at radius 1 is 1.24 bits per heavy atom. The van der Waals surface area contributed by atoms with Crippen LogP contribution in [0.2, 0.25) is 5.02 Å². The van der Waals surface area contributed by atoms with E-state index in [-0.39, 0.29) is 41.6 Å². The zero-order chi connectivity index (χ0) is 24.2. The van der Waals surface area contributed by atoms with Crippen LogP contribution in [0.15, 0.2) is 33.7 Å². The Labute approximate surface area is 201 Å². The van der Waals surface area contributed by atoms with Gasteiger partial charge >= 0.3 is 0 Å². The molecule has 0 radical (unpaired) electrons. The lowest BCUT2D eigenvalue weighted by molar-refractivity contribution is -0.126. The predicted molar refractivity (Wildman–Crippen MR) is 128 cm³/mol. The van der Waals surface area contributed by atoms with Crippen LogP contribution < -0.4 is 5.32 Å². The molecule has 1 amide bonds. The van der Waals surface area contributed by atoms with Crippen LogP contribution in [0.1, 0.15) is 49.7 Å². The first kappa shape index (κ1) is 25.7. The summed E-state index contributed by atoms with van der Waals surface area (Å²) in [6.07, 6.45) is 0.937. The van der Waals surface area contributed by atoms with Crippen LogP contribution in [-0.2, 0) is 14.8 Å². The number of likely N-dealkylation sites (N-methyl/N-ethyl adjacent to an activating group) is 1. The van der Waals surface area contributed by atoms with E-state index in [1.165, 1.54) is 4.31 Å². The van der Waals surface area contributed by atoms with Gasteiger partial charge in [-0.2, -0.15) is 4.31 Å². The van der Waals surface area contributed by atoms with E-state index in [9.17, 15) is 13.2 Å². The zero-order valence-corrected chi connectivity index (χ0v) is 21.2. The lowest BCUT2D eigenvalue weighted by Crippen LogP contribution is -2.45. The maximum absolute atomic E-state index is 13.0. The van der Waals surface area contributed by atoms with Gasteiger partial charge in [-0.25, -0.2) is 8.42 Å². The third kappa shape index (κ3) is 5.59. The Morgan fingerprint density at radius 3 is 2.42 bits per heavy atom. The summed E-state index contributed by atoms with van der Waals surface area (Å²) in [6.45, 7) is 10.1. The number of rotatable bonds is 9. The molecule has 1 saturated heterocycles. The van der Waals surface area contributed by atoms with Crippen molar-refractivity contribution in [1.82, 2.24) is 19.7 Å². The van der Waals surface area contributed by atoms with Crippen LogP contribution in [0.3, 0.4) is 0 Å². The average Bonchev–Trinajstić information content (AvgIpc) is 3.15. The predicted octanol–water partition coefficient (Wildman–Crippen LogP) is 3.54. The molecule has 1 aromatic heterocycles. The number of carbonyl (C=O) groups excluding carboxylic acids is 1. The average molecular weight is 497 g/mol. The smallest absolute Gasteiger partial charge is 0.248 e. The number of nitrogens with zero attached hydrogens (tertiary/aromatic N) is 3. The Bertz CT molecular complexity index is 1040. The summed E-state index contributed by atoms with van der Waals surface area (Å²) in [5.41, 5.74) is 1.35. The molecule has 2 aromatic rings. The standard InChI is InChI=1S/C23H33ClN4O4S/c1-5-27(6-2)21(19-9-7-8-10-20(19)24)15-25-23(29)18-11-13-28(14-12-18)33(30,31)22-16(3)26-32-17(22)4/h7-10,18,21H,5-6,11-15H2,1-4H3,(H,25,29). The summed E-state index contributed by atoms with van der Waals surface area (Å²) < 4.78 is 32.5. The van der Waals surface area contributed by atoms with Crippen molar-refractivity contribution >= 4 is 27.5 Å². The molecule has 0 bridgehead atoms. The van der Waals surface area contributed by atoms with Gasteiger partial charge in [0, 0.05) is 30.6 Å². The van der Waals surface area contributed by atoms with Gasteiger partial charge in [0.05, 0.1) is 6.04 Å². The monoisotopic (exact) mass is 496 g/mol. The molecule has 0 aliphatic carbocycles. The van der Waals surface area contributed by atoms with Crippen LogP contribution in [0.4, 0.5) is 0 Å². The normalized spacial score (nSPS) is 16.8. The second-order valence-corrected chi connectivity index (χ2v) is 10.6. The Balaban J connectivity index is 1.63. The summed E-state index contributed by atoms with van der Waals surface area (Å²) >= 11 is 6.45. The fourth-order valence-electron chi connectivity index (χ4n) is 4.52. The van der Waals surface area contributed by atoms with E-state index in [0.29, 0.717) is 30.1 Å².